The first-order valence-electron chi connectivity index (χ1n) is 11.3. The van der Waals surface area contributed by atoms with Crippen molar-refractivity contribution in [3.63, 3.8) is 0 Å². The largest absolute Gasteiger partial charge is 0.466 e. The monoisotopic (exact) mass is 409 g/mol. The molecule has 0 radical (unpaired) electrons. The third kappa shape index (κ3) is 7.84. The van der Waals surface area contributed by atoms with Gasteiger partial charge in [0.15, 0.2) is 5.96 Å². The van der Waals surface area contributed by atoms with Gasteiger partial charge in [-0.15, -0.1) is 0 Å². The molecule has 0 unspecified atom stereocenters. The number of amides is 1. The van der Waals surface area contributed by atoms with Gasteiger partial charge in [0.1, 0.15) is 0 Å². The molecule has 0 aromatic heterocycles. The van der Waals surface area contributed by atoms with Crippen molar-refractivity contribution in [2.24, 2.45) is 22.6 Å². The molecule has 2 aliphatic heterocycles. The van der Waals surface area contributed by atoms with Gasteiger partial charge in [-0.2, -0.15) is 0 Å². The molecule has 0 bridgehead atoms. The number of esters is 1. The molecular formula is C21H39N5O3. The Labute approximate surface area is 175 Å². The van der Waals surface area contributed by atoms with Gasteiger partial charge < -0.3 is 25.6 Å². The molecule has 2 saturated heterocycles. The third-order valence-corrected chi connectivity index (χ3v) is 5.88. The van der Waals surface area contributed by atoms with Crippen LogP contribution in [0.2, 0.25) is 0 Å². The summed E-state index contributed by atoms with van der Waals surface area (Å²) in [5, 5.41) is 3.38. The van der Waals surface area contributed by atoms with Crippen molar-refractivity contribution < 1.29 is 14.3 Å². The van der Waals surface area contributed by atoms with E-state index < -0.39 is 0 Å². The number of hydrogen-bond acceptors (Lipinski definition) is 5. The average molecular weight is 410 g/mol. The highest BCUT2D eigenvalue weighted by molar-refractivity contribution is 5.80. The molecule has 0 aromatic carbocycles. The number of ether oxygens (including phenoxy) is 1. The van der Waals surface area contributed by atoms with E-state index >= 15 is 0 Å². The molecule has 1 amide bonds. The minimum absolute atomic E-state index is 0.0211. The van der Waals surface area contributed by atoms with Crippen molar-refractivity contribution in [3.8, 4) is 0 Å². The molecule has 0 atom stereocenters. The molecule has 0 spiro atoms. The Kier molecular flexibility index (Phi) is 10.2. The molecule has 0 saturated carbocycles. The van der Waals surface area contributed by atoms with Crippen LogP contribution in [0.3, 0.4) is 0 Å². The van der Waals surface area contributed by atoms with E-state index in [1.165, 1.54) is 0 Å². The summed E-state index contributed by atoms with van der Waals surface area (Å²) in [6.07, 6.45) is 5.58. The van der Waals surface area contributed by atoms with Crippen LogP contribution in [0.1, 0.15) is 52.4 Å². The fraction of sp³-hybridized carbons (Fsp3) is 0.857. The van der Waals surface area contributed by atoms with E-state index in [1.807, 2.05) is 6.92 Å². The Bertz CT molecular complexity index is 538. The van der Waals surface area contributed by atoms with Crippen LogP contribution in [0.4, 0.5) is 0 Å². The Hall–Kier alpha value is -1.83. The van der Waals surface area contributed by atoms with E-state index in [9.17, 15) is 9.59 Å². The first-order valence-corrected chi connectivity index (χ1v) is 11.3. The molecule has 3 N–H and O–H groups in total. The molecule has 29 heavy (non-hydrogen) atoms. The van der Waals surface area contributed by atoms with E-state index in [0.717, 1.165) is 90.3 Å². The minimum Gasteiger partial charge on any atom is -0.466 e. The van der Waals surface area contributed by atoms with Crippen LogP contribution in [0, 0.1) is 11.8 Å². The summed E-state index contributed by atoms with van der Waals surface area (Å²) in [5.41, 5.74) is 5.40. The normalized spacial score (nSPS) is 19.9. The number of carbonyl (C=O) groups is 2. The molecule has 2 aliphatic rings. The van der Waals surface area contributed by atoms with Gasteiger partial charge in [0, 0.05) is 32.1 Å². The van der Waals surface area contributed by atoms with Gasteiger partial charge in [0.05, 0.1) is 12.5 Å². The maximum atomic E-state index is 11.9. The van der Waals surface area contributed by atoms with Crippen LogP contribution in [-0.4, -0.2) is 80.1 Å². The Morgan fingerprint density at radius 2 is 1.69 bits per heavy atom. The van der Waals surface area contributed by atoms with Crippen LogP contribution >= 0.6 is 0 Å². The lowest BCUT2D eigenvalue weighted by molar-refractivity contribution is -0.149. The summed E-state index contributed by atoms with van der Waals surface area (Å²) in [6.45, 7) is 10.7. The standard InChI is InChI=1S/C21H39N5O3/c1-3-23-21(26-15-9-18(10-16-26)20(28)29-4-2)24-11-5-6-12-25-13-7-17(8-14-25)19(22)27/h17-18H,3-16H2,1-2H3,(H2,22,27)(H,23,24). The van der Waals surface area contributed by atoms with Crippen LogP contribution < -0.4 is 11.1 Å². The molecule has 8 heteroatoms. The van der Waals surface area contributed by atoms with Crippen molar-refractivity contribution in [3.05, 3.63) is 0 Å². The van der Waals surface area contributed by atoms with E-state index in [2.05, 4.69) is 22.0 Å². The highest BCUT2D eigenvalue weighted by atomic mass is 16.5. The molecule has 2 fully saturated rings. The number of nitrogens with one attached hydrogen (secondary N) is 1. The van der Waals surface area contributed by atoms with Crippen LogP contribution in [-0.2, 0) is 14.3 Å². The van der Waals surface area contributed by atoms with Crippen LogP contribution in [0.5, 0.6) is 0 Å². The van der Waals surface area contributed by atoms with E-state index in [0.29, 0.717) is 6.61 Å². The molecule has 8 nitrogen and oxygen atoms in total. The quantitative estimate of drug-likeness (QED) is 0.257. The smallest absolute Gasteiger partial charge is 0.309 e. The lowest BCUT2D eigenvalue weighted by atomic mass is 9.96. The second-order valence-electron chi connectivity index (χ2n) is 7.97. The SMILES string of the molecule is CCNC(=NCCCCN1CCC(C(N)=O)CC1)N1CCC(C(=O)OCC)CC1. The molecule has 2 rings (SSSR count). The number of unbranched alkanes of at least 4 members (excludes halogenated alkanes) is 1. The highest BCUT2D eigenvalue weighted by Gasteiger charge is 2.27. The number of piperidine rings is 2. The predicted molar refractivity (Wildman–Crippen MR) is 115 cm³/mol. The van der Waals surface area contributed by atoms with Crippen LogP contribution in [0.25, 0.3) is 0 Å². The summed E-state index contributed by atoms with van der Waals surface area (Å²) in [6, 6.07) is 0. The number of likely N-dealkylation sites (tertiary alicyclic amines) is 2. The lowest BCUT2D eigenvalue weighted by Gasteiger charge is -2.33. The molecular weight excluding hydrogens is 370 g/mol. The van der Waals surface area contributed by atoms with Crippen molar-refractivity contribution in [2.45, 2.75) is 52.4 Å². The van der Waals surface area contributed by atoms with Gasteiger partial charge in [0.25, 0.3) is 0 Å². The summed E-state index contributed by atoms with van der Waals surface area (Å²) in [5.74, 6) is 0.826. The Morgan fingerprint density at radius 1 is 1.03 bits per heavy atom. The van der Waals surface area contributed by atoms with E-state index in [1.54, 1.807) is 0 Å². The van der Waals surface area contributed by atoms with Gasteiger partial charge in [0.2, 0.25) is 5.91 Å². The molecule has 0 aromatic rings. The van der Waals surface area contributed by atoms with Crippen molar-refractivity contribution >= 4 is 17.8 Å². The zero-order valence-electron chi connectivity index (χ0n) is 18.2. The minimum atomic E-state index is -0.152. The second kappa shape index (κ2) is 12.7. The van der Waals surface area contributed by atoms with Gasteiger partial charge in [-0.05, 0) is 72.0 Å². The Morgan fingerprint density at radius 3 is 2.28 bits per heavy atom. The highest BCUT2D eigenvalue weighted by Crippen LogP contribution is 2.19. The molecule has 2 heterocycles. The Balaban J connectivity index is 1.67. The summed E-state index contributed by atoms with van der Waals surface area (Å²) in [7, 11) is 0. The number of primary amides is 1. The number of aliphatic imine (C=N–C) groups is 1. The summed E-state index contributed by atoms with van der Waals surface area (Å²) >= 11 is 0. The van der Waals surface area contributed by atoms with Gasteiger partial charge in [-0.3, -0.25) is 14.6 Å². The average Bonchev–Trinajstić information content (AvgIpc) is 2.73. The van der Waals surface area contributed by atoms with Crippen molar-refractivity contribution in [1.29, 1.82) is 0 Å². The number of rotatable bonds is 9. The van der Waals surface area contributed by atoms with Crippen molar-refractivity contribution in [2.75, 3.05) is 52.4 Å². The third-order valence-electron chi connectivity index (χ3n) is 5.88. The number of nitrogens with two attached hydrogens (primary N) is 1. The summed E-state index contributed by atoms with van der Waals surface area (Å²) in [4.78, 5) is 32.6. The molecule has 0 aliphatic carbocycles. The lowest BCUT2D eigenvalue weighted by Crippen LogP contribution is -2.46. The maximum absolute atomic E-state index is 11.9. The summed E-state index contributed by atoms with van der Waals surface area (Å²) < 4.78 is 5.15. The molecule has 166 valence electrons. The first-order chi connectivity index (χ1) is 14.0. The zero-order chi connectivity index (χ0) is 21.1. The fourth-order valence-corrected chi connectivity index (χ4v) is 4.09. The van der Waals surface area contributed by atoms with Crippen molar-refractivity contribution in [1.82, 2.24) is 15.1 Å². The van der Waals surface area contributed by atoms with Gasteiger partial charge in [-0.25, -0.2) is 0 Å². The predicted octanol–water partition coefficient (Wildman–Crippen LogP) is 1.20. The van der Waals surface area contributed by atoms with Gasteiger partial charge >= 0.3 is 5.97 Å². The van der Waals surface area contributed by atoms with E-state index in [-0.39, 0.29) is 23.7 Å². The number of guanidine groups is 1. The van der Waals surface area contributed by atoms with E-state index in [4.69, 9.17) is 15.5 Å². The van der Waals surface area contributed by atoms with Crippen LogP contribution in [0.15, 0.2) is 4.99 Å². The number of hydrogen-bond donors (Lipinski definition) is 2. The zero-order valence-corrected chi connectivity index (χ0v) is 18.2. The maximum Gasteiger partial charge on any atom is 0.309 e. The first kappa shape index (κ1) is 23.4. The number of nitrogens with zero attached hydrogens (tertiary/aromatic N) is 3. The second-order valence-corrected chi connectivity index (χ2v) is 7.97. The number of carbonyl (C=O) groups excluding carboxylic acids is 2. The van der Waals surface area contributed by atoms with Gasteiger partial charge in [-0.1, -0.05) is 0 Å². The topological polar surface area (TPSA) is 100 Å². The fourth-order valence-electron chi connectivity index (χ4n) is 4.09.